The molecule has 0 saturated carbocycles. The highest BCUT2D eigenvalue weighted by atomic mass is 15.2. The molecular weight excluding hydrogens is 174 g/mol. The van der Waals surface area contributed by atoms with Crippen LogP contribution in [0.2, 0.25) is 0 Å². The minimum atomic E-state index is 0.340. The van der Waals surface area contributed by atoms with Gasteiger partial charge >= 0.3 is 0 Å². The number of amidine groups is 1. The van der Waals surface area contributed by atoms with Crippen molar-refractivity contribution in [2.45, 2.75) is 32.7 Å². The van der Waals surface area contributed by atoms with E-state index in [1.165, 1.54) is 19.4 Å². The predicted octanol–water partition coefficient (Wildman–Crippen LogP) is 1.65. The SMILES string of the molecule is CC(C)C(=N)N(C)CC1CCCN1C. The molecular formula is C11H23N3. The van der Waals surface area contributed by atoms with Gasteiger partial charge in [0.15, 0.2) is 0 Å². The summed E-state index contributed by atoms with van der Waals surface area (Å²) in [6.45, 7) is 6.38. The van der Waals surface area contributed by atoms with Crippen LogP contribution in [-0.4, -0.2) is 48.9 Å². The highest BCUT2D eigenvalue weighted by Crippen LogP contribution is 2.16. The van der Waals surface area contributed by atoms with E-state index in [0.29, 0.717) is 12.0 Å². The number of hydrogen-bond donors (Lipinski definition) is 1. The number of rotatable bonds is 3. The van der Waals surface area contributed by atoms with Crippen molar-refractivity contribution in [3.05, 3.63) is 0 Å². The van der Waals surface area contributed by atoms with Crippen molar-refractivity contribution in [2.75, 3.05) is 27.2 Å². The Hall–Kier alpha value is -0.570. The van der Waals surface area contributed by atoms with Crippen molar-refractivity contribution in [3.8, 4) is 0 Å². The molecule has 1 aliphatic rings. The van der Waals surface area contributed by atoms with Gasteiger partial charge in [-0.3, -0.25) is 5.41 Å². The Kier molecular flexibility index (Phi) is 3.93. The van der Waals surface area contributed by atoms with Crippen molar-refractivity contribution in [1.82, 2.24) is 9.80 Å². The second-order valence-corrected chi connectivity index (χ2v) is 4.70. The van der Waals surface area contributed by atoms with Gasteiger partial charge in [-0.05, 0) is 26.4 Å². The molecule has 1 aliphatic heterocycles. The van der Waals surface area contributed by atoms with Crippen molar-refractivity contribution >= 4 is 5.84 Å². The molecule has 1 atom stereocenters. The van der Waals surface area contributed by atoms with Gasteiger partial charge in [-0.2, -0.15) is 0 Å². The Balaban J connectivity index is 2.39. The highest BCUT2D eigenvalue weighted by molar-refractivity contribution is 5.80. The quantitative estimate of drug-likeness (QED) is 0.551. The van der Waals surface area contributed by atoms with Crippen molar-refractivity contribution in [3.63, 3.8) is 0 Å². The van der Waals surface area contributed by atoms with E-state index in [9.17, 15) is 0 Å². The van der Waals surface area contributed by atoms with E-state index in [1.54, 1.807) is 0 Å². The van der Waals surface area contributed by atoms with Crippen LogP contribution in [0.1, 0.15) is 26.7 Å². The molecule has 0 aromatic carbocycles. The van der Waals surface area contributed by atoms with Crippen LogP contribution in [0, 0.1) is 11.3 Å². The first kappa shape index (κ1) is 11.5. The minimum Gasteiger partial charge on any atom is -0.362 e. The summed E-state index contributed by atoms with van der Waals surface area (Å²) < 4.78 is 0. The molecule has 1 N–H and O–H groups in total. The molecule has 82 valence electrons. The average molecular weight is 197 g/mol. The molecule has 1 fully saturated rings. The van der Waals surface area contributed by atoms with Gasteiger partial charge in [0.1, 0.15) is 0 Å². The van der Waals surface area contributed by atoms with Crippen molar-refractivity contribution in [2.24, 2.45) is 5.92 Å². The van der Waals surface area contributed by atoms with Gasteiger partial charge in [0.05, 0.1) is 5.84 Å². The molecule has 0 aromatic heterocycles. The smallest absolute Gasteiger partial charge is 0.0981 e. The summed E-state index contributed by atoms with van der Waals surface area (Å²) in [5.41, 5.74) is 0. The maximum absolute atomic E-state index is 7.89. The van der Waals surface area contributed by atoms with E-state index in [-0.39, 0.29) is 0 Å². The summed E-state index contributed by atoms with van der Waals surface area (Å²) in [4.78, 5) is 4.50. The van der Waals surface area contributed by atoms with E-state index in [2.05, 4.69) is 30.7 Å². The summed E-state index contributed by atoms with van der Waals surface area (Å²) in [6.07, 6.45) is 2.59. The molecule has 0 spiro atoms. The zero-order chi connectivity index (χ0) is 10.7. The second-order valence-electron chi connectivity index (χ2n) is 4.70. The normalized spacial score (nSPS) is 23.1. The zero-order valence-corrected chi connectivity index (χ0v) is 9.88. The van der Waals surface area contributed by atoms with Gasteiger partial charge in [0, 0.05) is 25.6 Å². The topological polar surface area (TPSA) is 30.3 Å². The van der Waals surface area contributed by atoms with E-state index in [0.717, 1.165) is 12.4 Å². The van der Waals surface area contributed by atoms with Gasteiger partial charge in [0.25, 0.3) is 0 Å². The van der Waals surface area contributed by atoms with E-state index < -0.39 is 0 Å². The molecule has 3 heteroatoms. The molecule has 0 aromatic rings. The van der Waals surface area contributed by atoms with Gasteiger partial charge in [-0.15, -0.1) is 0 Å². The first-order chi connectivity index (χ1) is 6.52. The minimum absolute atomic E-state index is 0.340. The number of nitrogens with one attached hydrogen (secondary N) is 1. The number of likely N-dealkylation sites (tertiary alicyclic amines) is 1. The fourth-order valence-corrected chi connectivity index (χ4v) is 2.07. The molecule has 0 amide bonds. The van der Waals surface area contributed by atoms with Gasteiger partial charge in [-0.1, -0.05) is 13.8 Å². The average Bonchev–Trinajstić information content (AvgIpc) is 2.50. The molecule has 0 bridgehead atoms. The van der Waals surface area contributed by atoms with Gasteiger partial charge in [0.2, 0.25) is 0 Å². The standard InChI is InChI=1S/C11H23N3/c1-9(2)11(12)14(4)8-10-6-5-7-13(10)3/h9-10,12H,5-8H2,1-4H3. The lowest BCUT2D eigenvalue weighted by atomic mass is 10.1. The first-order valence-corrected chi connectivity index (χ1v) is 5.52. The van der Waals surface area contributed by atoms with E-state index in [1.807, 2.05) is 7.05 Å². The Bertz CT molecular complexity index is 201. The van der Waals surface area contributed by atoms with E-state index >= 15 is 0 Å². The highest BCUT2D eigenvalue weighted by Gasteiger charge is 2.23. The monoisotopic (exact) mass is 197 g/mol. The maximum Gasteiger partial charge on any atom is 0.0981 e. The lowest BCUT2D eigenvalue weighted by Crippen LogP contribution is -2.40. The zero-order valence-electron chi connectivity index (χ0n) is 9.88. The van der Waals surface area contributed by atoms with Crippen molar-refractivity contribution < 1.29 is 0 Å². The van der Waals surface area contributed by atoms with Crippen molar-refractivity contribution in [1.29, 1.82) is 5.41 Å². The number of likely N-dealkylation sites (N-methyl/N-ethyl adjacent to an activating group) is 2. The fraction of sp³-hybridized carbons (Fsp3) is 0.909. The van der Waals surface area contributed by atoms with Gasteiger partial charge in [-0.25, -0.2) is 0 Å². The molecule has 14 heavy (non-hydrogen) atoms. The third kappa shape index (κ3) is 2.71. The Morgan fingerprint density at radius 3 is 2.64 bits per heavy atom. The Labute approximate surface area is 87.6 Å². The lowest BCUT2D eigenvalue weighted by Gasteiger charge is -2.28. The van der Waals surface area contributed by atoms with Gasteiger partial charge < -0.3 is 9.80 Å². The summed E-state index contributed by atoms with van der Waals surface area (Å²) in [6, 6.07) is 0.652. The third-order valence-electron chi connectivity index (χ3n) is 3.11. The molecule has 3 nitrogen and oxygen atoms in total. The summed E-state index contributed by atoms with van der Waals surface area (Å²) in [7, 11) is 4.22. The van der Waals surface area contributed by atoms with Crippen LogP contribution in [0.3, 0.4) is 0 Å². The maximum atomic E-state index is 7.89. The summed E-state index contributed by atoms with van der Waals surface area (Å²) >= 11 is 0. The van der Waals surface area contributed by atoms with Crippen LogP contribution >= 0.6 is 0 Å². The number of nitrogens with zero attached hydrogens (tertiary/aromatic N) is 2. The third-order valence-corrected chi connectivity index (χ3v) is 3.11. The molecule has 1 unspecified atom stereocenters. The Morgan fingerprint density at radius 2 is 2.21 bits per heavy atom. The predicted molar refractivity (Wildman–Crippen MR) is 60.8 cm³/mol. The fourth-order valence-electron chi connectivity index (χ4n) is 2.07. The largest absolute Gasteiger partial charge is 0.362 e. The lowest BCUT2D eigenvalue weighted by molar-refractivity contribution is 0.263. The summed E-state index contributed by atoms with van der Waals surface area (Å²) in [5.74, 6) is 1.09. The van der Waals surface area contributed by atoms with Crippen LogP contribution in [0.4, 0.5) is 0 Å². The van der Waals surface area contributed by atoms with Crippen LogP contribution in [-0.2, 0) is 0 Å². The van der Waals surface area contributed by atoms with Crippen LogP contribution in [0.5, 0.6) is 0 Å². The molecule has 1 rings (SSSR count). The Morgan fingerprint density at radius 1 is 1.57 bits per heavy atom. The first-order valence-electron chi connectivity index (χ1n) is 5.52. The van der Waals surface area contributed by atoms with E-state index in [4.69, 9.17) is 5.41 Å². The van der Waals surface area contributed by atoms with Crippen LogP contribution in [0.25, 0.3) is 0 Å². The summed E-state index contributed by atoms with van der Waals surface area (Å²) in [5, 5.41) is 7.89. The molecule has 1 heterocycles. The molecule has 0 aliphatic carbocycles. The second kappa shape index (κ2) is 4.78. The van der Waals surface area contributed by atoms with Crippen LogP contribution in [0.15, 0.2) is 0 Å². The molecule has 1 saturated heterocycles. The molecule has 0 radical (unpaired) electrons. The number of hydrogen-bond acceptors (Lipinski definition) is 2. The van der Waals surface area contributed by atoms with Crippen LogP contribution < -0.4 is 0 Å².